The van der Waals surface area contributed by atoms with E-state index >= 15 is 0 Å². The fourth-order valence-corrected chi connectivity index (χ4v) is 2.67. The van der Waals surface area contributed by atoms with E-state index in [0.717, 1.165) is 12.8 Å². The zero-order valence-corrected chi connectivity index (χ0v) is 18.4. The Morgan fingerprint density at radius 1 is 1.07 bits per heavy atom. The van der Waals surface area contributed by atoms with Crippen molar-refractivity contribution < 1.29 is 42.1 Å². The Hall–Kier alpha value is -0.990. The molecule has 0 radical (unpaired) electrons. The largest absolute Gasteiger partial charge is 0.472 e. The highest BCUT2D eigenvalue weighted by Crippen LogP contribution is 2.43. The lowest BCUT2D eigenvalue weighted by Crippen LogP contribution is -2.37. The van der Waals surface area contributed by atoms with Crippen LogP contribution in [0, 0.1) is 6.92 Å². The lowest BCUT2D eigenvalue weighted by atomic mass is 10.2. The average molecular weight is 425 g/mol. The third-order valence-corrected chi connectivity index (χ3v) is 4.52. The number of nitrogens with zero attached hydrogens (tertiary/aromatic N) is 1. The predicted octanol–water partition coefficient (Wildman–Crippen LogP) is 2.48. The van der Waals surface area contributed by atoms with E-state index in [-0.39, 0.29) is 26.1 Å². The third kappa shape index (κ3) is 16.0. The molecular formula is C18H36NO8P. The van der Waals surface area contributed by atoms with Gasteiger partial charge in [-0.25, -0.2) is 4.57 Å². The molecule has 0 aliphatic rings. The fourth-order valence-electron chi connectivity index (χ4n) is 1.93. The molecule has 2 atom stereocenters. The van der Waals surface area contributed by atoms with Crippen molar-refractivity contribution in [3.05, 3.63) is 6.92 Å². The Bertz CT molecular complexity index is 506. The highest BCUT2D eigenvalue weighted by Gasteiger charge is 2.26. The second-order valence-electron chi connectivity index (χ2n) is 7.47. The fraction of sp³-hybridized carbons (Fsp3) is 0.833. The van der Waals surface area contributed by atoms with Crippen molar-refractivity contribution in [3.63, 3.8) is 0 Å². The van der Waals surface area contributed by atoms with Crippen LogP contribution in [0.1, 0.15) is 45.4 Å². The van der Waals surface area contributed by atoms with Crippen molar-refractivity contribution in [3.8, 4) is 0 Å². The van der Waals surface area contributed by atoms with Gasteiger partial charge in [0.05, 0.1) is 27.7 Å². The van der Waals surface area contributed by atoms with Crippen molar-refractivity contribution in [2.45, 2.75) is 51.6 Å². The van der Waals surface area contributed by atoms with E-state index in [2.05, 4.69) is 6.92 Å². The molecule has 0 bridgehead atoms. The van der Waals surface area contributed by atoms with Gasteiger partial charge in [-0.05, 0) is 6.42 Å². The van der Waals surface area contributed by atoms with Crippen molar-refractivity contribution >= 4 is 19.8 Å². The normalized spacial score (nSPS) is 14.9. The Morgan fingerprint density at radius 3 is 2.32 bits per heavy atom. The Labute approximate surface area is 168 Å². The van der Waals surface area contributed by atoms with Gasteiger partial charge >= 0.3 is 19.8 Å². The minimum atomic E-state index is -4.31. The predicted molar refractivity (Wildman–Crippen MR) is 104 cm³/mol. The molecule has 28 heavy (non-hydrogen) atoms. The summed E-state index contributed by atoms with van der Waals surface area (Å²) in [6.07, 6.45) is 2.25. The van der Waals surface area contributed by atoms with E-state index < -0.39 is 32.5 Å². The van der Waals surface area contributed by atoms with Crippen LogP contribution in [0.25, 0.3) is 0 Å². The summed E-state index contributed by atoms with van der Waals surface area (Å²) in [6.45, 7) is 5.42. The van der Waals surface area contributed by atoms with Gasteiger partial charge < -0.3 is 25.8 Å². The number of esters is 2. The van der Waals surface area contributed by atoms with E-state index in [1.807, 2.05) is 28.1 Å². The van der Waals surface area contributed by atoms with Gasteiger partial charge in [0.1, 0.15) is 19.8 Å². The van der Waals surface area contributed by atoms with Crippen LogP contribution in [0.3, 0.4) is 0 Å². The molecular weight excluding hydrogens is 389 g/mol. The first-order valence-corrected chi connectivity index (χ1v) is 11.0. The summed E-state index contributed by atoms with van der Waals surface area (Å²) in [6, 6.07) is 0. The number of carbonyl (C=O) groups is 2. The highest BCUT2D eigenvalue weighted by atomic mass is 31.2. The Balaban J connectivity index is 4.60. The van der Waals surface area contributed by atoms with Gasteiger partial charge in [-0.3, -0.25) is 18.6 Å². The summed E-state index contributed by atoms with van der Waals surface area (Å²) in [4.78, 5) is 33.2. The van der Waals surface area contributed by atoms with Crippen molar-refractivity contribution in [1.82, 2.24) is 0 Å². The van der Waals surface area contributed by atoms with Crippen LogP contribution in [0.2, 0.25) is 0 Å². The maximum atomic E-state index is 12.0. The first-order chi connectivity index (χ1) is 13.0. The first kappa shape index (κ1) is 27.0. The minimum absolute atomic E-state index is 0.0250. The number of hydrogen-bond donors (Lipinski definition) is 1. The topological polar surface area (TPSA) is 108 Å². The molecule has 0 fully saturated rings. The van der Waals surface area contributed by atoms with Crippen LogP contribution < -0.4 is 0 Å². The number of ether oxygens (including phenoxy) is 2. The smallest absolute Gasteiger partial charge is 0.462 e. The first-order valence-electron chi connectivity index (χ1n) is 9.55. The van der Waals surface area contributed by atoms with Crippen LogP contribution in [-0.4, -0.2) is 74.9 Å². The van der Waals surface area contributed by atoms with Crippen LogP contribution in [0.5, 0.6) is 0 Å². The van der Waals surface area contributed by atoms with Gasteiger partial charge in [0.15, 0.2) is 6.10 Å². The van der Waals surface area contributed by atoms with Crippen LogP contribution in [-0.2, 0) is 32.7 Å². The van der Waals surface area contributed by atoms with Crippen molar-refractivity contribution in [1.29, 1.82) is 0 Å². The van der Waals surface area contributed by atoms with E-state index in [1.165, 1.54) is 0 Å². The molecule has 0 aromatic heterocycles. The van der Waals surface area contributed by atoms with E-state index in [1.54, 1.807) is 0 Å². The summed E-state index contributed by atoms with van der Waals surface area (Å²) in [5.41, 5.74) is 0. The lowest BCUT2D eigenvalue weighted by molar-refractivity contribution is -0.870. The number of quaternary nitrogens is 1. The summed E-state index contributed by atoms with van der Waals surface area (Å²) < 4.78 is 32.6. The highest BCUT2D eigenvalue weighted by molar-refractivity contribution is 7.47. The molecule has 0 aromatic rings. The quantitative estimate of drug-likeness (QED) is 0.132. The summed E-state index contributed by atoms with van der Waals surface area (Å²) in [7, 11) is 1.44. The maximum Gasteiger partial charge on any atom is 0.472 e. The maximum absolute atomic E-state index is 12.0. The number of phosphoric acid groups is 1. The van der Waals surface area contributed by atoms with Gasteiger partial charge in [-0.2, -0.15) is 6.42 Å². The van der Waals surface area contributed by atoms with Gasteiger partial charge in [0, 0.05) is 12.8 Å². The SMILES string of the molecule is [CH2-]CCC(=O)OC[C@H](COP(=O)(O)OCC[N+](C)(C)C)OC(=O)CCCCC. The zero-order valence-electron chi connectivity index (χ0n) is 17.6. The molecule has 0 heterocycles. The third-order valence-electron chi connectivity index (χ3n) is 3.53. The van der Waals surface area contributed by atoms with Gasteiger partial charge in [-0.1, -0.05) is 19.8 Å². The monoisotopic (exact) mass is 425 g/mol. The molecule has 0 saturated heterocycles. The number of rotatable bonds is 16. The second-order valence-corrected chi connectivity index (χ2v) is 8.92. The standard InChI is InChI=1S/C18H36NO8P/c1-6-8-9-11-18(21)27-16(14-24-17(20)10-7-2)15-26-28(22,23)25-13-12-19(3,4)5/h16H,2,6-15H2,1,3-5H3,(H,22,23)/t16-/m1/s1. The minimum Gasteiger partial charge on any atom is -0.462 e. The summed E-state index contributed by atoms with van der Waals surface area (Å²) in [5.74, 6) is -0.970. The molecule has 0 aliphatic carbocycles. The molecule has 0 aromatic carbocycles. The number of carbonyl (C=O) groups excluding carboxylic acids is 2. The summed E-state index contributed by atoms with van der Waals surface area (Å²) >= 11 is 0. The van der Waals surface area contributed by atoms with E-state index in [4.69, 9.17) is 18.5 Å². The molecule has 1 N–H and O–H groups in total. The molecule has 0 aliphatic heterocycles. The number of hydrogen-bond acceptors (Lipinski definition) is 7. The Morgan fingerprint density at radius 2 is 1.75 bits per heavy atom. The van der Waals surface area contributed by atoms with E-state index in [0.29, 0.717) is 23.9 Å². The Kier molecular flexibility index (Phi) is 13.6. The molecule has 1 unspecified atom stereocenters. The van der Waals surface area contributed by atoms with Crippen molar-refractivity contribution in [2.24, 2.45) is 0 Å². The molecule has 10 heteroatoms. The van der Waals surface area contributed by atoms with Gasteiger partial charge in [-0.15, -0.1) is 0 Å². The van der Waals surface area contributed by atoms with Gasteiger partial charge in [0.25, 0.3) is 0 Å². The lowest BCUT2D eigenvalue weighted by Gasteiger charge is -2.24. The second kappa shape index (κ2) is 14.1. The number of unbranched alkanes of at least 4 members (excludes halogenated alkanes) is 2. The van der Waals surface area contributed by atoms with Crippen LogP contribution in [0.15, 0.2) is 0 Å². The molecule has 0 rings (SSSR count). The van der Waals surface area contributed by atoms with Crippen LogP contribution >= 0.6 is 7.82 Å². The average Bonchev–Trinajstić information content (AvgIpc) is 2.56. The number of phosphoric ester groups is 1. The molecule has 0 amide bonds. The molecule has 0 saturated carbocycles. The van der Waals surface area contributed by atoms with Crippen molar-refractivity contribution in [2.75, 3.05) is 47.5 Å². The molecule has 0 spiro atoms. The zero-order chi connectivity index (χ0) is 21.6. The van der Waals surface area contributed by atoms with Crippen LogP contribution in [0.4, 0.5) is 0 Å². The summed E-state index contributed by atoms with van der Waals surface area (Å²) in [5, 5.41) is 0. The van der Waals surface area contributed by atoms with Gasteiger partial charge in [0.2, 0.25) is 0 Å². The molecule has 9 nitrogen and oxygen atoms in total. The molecule has 166 valence electrons. The number of likely N-dealkylation sites (N-methyl/N-ethyl adjacent to an activating group) is 1. The van der Waals surface area contributed by atoms with E-state index in [9.17, 15) is 19.0 Å².